The van der Waals surface area contributed by atoms with Gasteiger partial charge in [-0.05, 0) is 44.2 Å². The molecular formula is C13H19NOS2. The molecule has 2 nitrogen and oxygen atoms in total. The zero-order valence-corrected chi connectivity index (χ0v) is 12.2. The minimum Gasteiger partial charge on any atom is -0.379 e. The number of nitrogens with two attached hydrogens (primary N) is 1. The third kappa shape index (κ3) is 3.07. The largest absolute Gasteiger partial charge is 0.379 e. The fraction of sp³-hybridized carbons (Fsp3) is 0.538. The second-order valence-corrected chi connectivity index (χ2v) is 6.97. The van der Waals surface area contributed by atoms with E-state index in [0.29, 0.717) is 0 Å². The van der Waals surface area contributed by atoms with E-state index in [1.807, 2.05) is 11.3 Å². The van der Waals surface area contributed by atoms with Gasteiger partial charge in [-0.1, -0.05) is 0 Å². The minimum absolute atomic E-state index is 0.0771. The quantitative estimate of drug-likeness (QED) is 0.884. The van der Waals surface area contributed by atoms with E-state index in [1.165, 1.54) is 14.3 Å². The molecule has 0 amide bonds. The van der Waals surface area contributed by atoms with Crippen LogP contribution < -0.4 is 5.73 Å². The summed E-state index contributed by atoms with van der Waals surface area (Å²) in [5.74, 6) is 0. The molecule has 1 atom stereocenters. The van der Waals surface area contributed by atoms with E-state index in [9.17, 15) is 0 Å². The molecule has 2 N–H and O–H groups in total. The highest BCUT2D eigenvalue weighted by molar-refractivity contribution is 7.26. The van der Waals surface area contributed by atoms with Crippen LogP contribution in [-0.2, 0) is 4.74 Å². The molecule has 0 bridgehead atoms. The van der Waals surface area contributed by atoms with Gasteiger partial charge >= 0.3 is 0 Å². The highest BCUT2D eigenvalue weighted by Crippen LogP contribution is 2.34. The summed E-state index contributed by atoms with van der Waals surface area (Å²) in [4.78, 5) is 1.29. The molecule has 0 saturated heterocycles. The number of thiophene rings is 2. The van der Waals surface area contributed by atoms with Crippen molar-refractivity contribution in [2.45, 2.75) is 38.3 Å². The van der Waals surface area contributed by atoms with Crippen molar-refractivity contribution in [3.05, 3.63) is 22.4 Å². The van der Waals surface area contributed by atoms with Crippen LogP contribution in [0.3, 0.4) is 0 Å². The summed E-state index contributed by atoms with van der Waals surface area (Å²) in [6.07, 6.45) is 1.95. The van der Waals surface area contributed by atoms with Gasteiger partial charge in [0.25, 0.3) is 0 Å². The number of hydrogen-bond acceptors (Lipinski definition) is 4. The lowest BCUT2D eigenvalue weighted by Gasteiger charge is -2.24. The molecule has 2 heterocycles. The summed E-state index contributed by atoms with van der Waals surface area (Å²) in [5, 5.41) is 2.13. The first kappa shape index (κ1) is 13.0. The van der Waals surface area contributed by atoms with Gasteiger partial charge in [0.1, 0.15) is 0 Å². The van der Waals surface area contributed by atoms with Gasteiger partial charge in [-0.25, -0.2) is 0 Å². The number of ether oxygens (including phenoxy) is 1. The summed E-state index contributed by atoms with van der Waals surface area (Å²) in [7, 11) is 1.76. The van der Waals surface area contributed by atoms with Crippen LogP contribution in [-0.4, -0.2) is 12.7 Å². The molecule has 2 aromatic heterocycles. The summed E-state index contributed by atoms with van der Waals surface area (Å²) in [6, 6.07) is 4.53. The Morgan fingerprint density at radius 2 is 2.18 bits per heavy atom. The maximum absolute atomic E-state index is 6.24. The zero-order valence-electron chi connectivity index (χ0n) is 10.5. The van der Waals surface area contributed by atoms with E-state index in [2.05, 4.69) is 31.4 Å². The van der Waals surface area contributed by atoms with Gasteiger partial charge in [-0.3, -0.25) is 0 Å². The molecule has 94 valence electrons. The number of methoxy groups -OCH3 is 1. The van der Waals surface area contributed by atoms with E-state index >= 15 is 0 Å². The van der Waals surface area contributed by atoms with Crippen LogP contribution in [0.5, 0.6) is 0 Å². The van der Waals surface area contributed by atoms with Gasteiger partial charge in [0, 0.05) is 27.4 Å². The van der Waals surface area contributed by atoms with Crippen LogP contribution in [0.4, 0.5) is 0 Å². The van der Waals surface area contributed by atoms with Crippen LogP contribution in [0.15, 0.2) is 17.5 Å². The van der Waals surface area contributed by atoms with E-state index in [-0.39, 0.29) is 11.6 Å². The molecule has 0 aliphatic heterocycles. The SMILES string of the molecule is COC(C)(C)CCC(N)c1cc2sccc2s1. The van der Waals surface area contributed by atoms with E-state index < -0.39 is 0 Å². The maximum atomic E-state index is 6.24. The Balaban J connectivity index is 2.00. The molecule has 1 unspecified atom stereocenters. The van der Waals surface area contributed by atoms with Gasteiger partial charge in [-0.15, -0.1) is 22.7 Å². The van der Waals surface area contributed by atoms with E-state index in [4.69, 9.17) is 10.5 Å². The van der Waals surface area contributed by atoms with Gasteiger partial charge in [0.15, 0.2) is 0 Å². The number of rotatable bonds is 5. The van der Waals surface area contributed by atoms with Crippen molar-refractivity contribution < 1.29 is 4.74 Å². The lowest BCUT2D eigenvalue weighted by Crippen LogP contribution is -2.24. The van der Waals surface area contributed by atoms with Gasteiger partial charge in [-0.2, -0.15) is 0 Å². The van der Waals surface area contributed by atoms with Gasteiger partial charge in [0.05, 0.1) is 5.60 Å². The standard InChI is InChI=1S/C13H19NOS2/c1-13(2,15-3)6-4-9(14)11-8-12-10(17-11)5-7-16-12/h5,7-9H,4,6,14H2,1-3H3. The van der Waals surface area contributed by atoms with E-state index in [1.54, 1.807) is 18.4 Å². The average Bonchev–Trinajstić information content (AvgIpc) is 2.86. The van der Waals surface area contributed by atoms with Crippen molar-refractivity contribution in [1.29, 1.82) is 0 Å². The first-order valence-corrected chi connectivity index (χ1v) is 7.49. The van der Waals surface area contributed by atoms with Crippen molar-refractivity contribution in [1.82, 2.24) is 0 Å². The van der Waals surface area contributed by atoms with Gasteiger partial charge in [0.2, 0.25) is 0 Å². The molecule has 0 spiro atoms. The van der Waals surface area contributed by atoms with Crippen LogP contribution in [0.25, 0.3) is 9.40 Å². The minimum atomic E-state index is -0.0771. The average molecular weight is 269 g/mol. The predicted molar refractivity (Wildman–Crippen MR) is 77.0 cm³/mol. The third-order valence-electron chi connectivity index (χ3n) is 3.13. The van der Waals surface area contributed by atoms with Crippen LogP contribution in [0.1, 0.15) is 37.6 Å². The zero-order chi connectivity index (χ0) is 12.5. The maximum Gasteiger partial charge on any atom is 0.0623 e. The molecule has 0 radical (unpaired) electrons. The van der Waals surface area contributed by atoms with Crippen molar-refractivity contribution >= 4 is 32.1 Å². The second-order valence-electron chi connectivity index (χ2n) is 4.91. The summed E-state index contributed by atoms with van der Waals surface area (Å²) >= 11 is 3.60. The van der Waals surface area contributed by atoms with Crippen molar-refractivity contribution in [3.63, 3.8) is 0 Å². The predicted octanol–water partition coefficient (Wildman–Crippen LogP) is 4.17. The van der Waals surface area contributed by atoms with Crippen molar-refractivity contribution in [2.75, 3.05) is 7.11 Å². The Morgan fingerprint density at radius 1 is 1.41 bits per heavy atom. The molecule has 0 aliphatic rings. The Morgan fingerprint density at radius 3 is 2.82 bits per heavy atom. The number of fused-ring (bicyclic) bond motifs is 1. The van der Waals surface area contributed by atoms with E-state index in [0.717, 1.165) is 12.8 Å². The lowest BCUT2D eigenvalue weighted by atomic mass is 9.98. The molecule has 0 aromatic carbocycles. The Labute approximate surface area is 110 Å². The highest BCUT2D eigenvalue weighted by atomic mass is 32.1. The van der Waals surface area contributed by atoms with Crippen LogP contribution in [0, 0.1) is 0 Å². The fourth-order valence-corrected chi connectivity index (χ4v) is 3.87. The molecule has 2 rings (SSSR count). The van der Waals surface area contributed by atoms with Crippen LogP contribution >= 0.6 is 22.7 Å². The van der Waals surface area contributed by atoms with Crippen molar-refractivity contribution in [2.24, 2.45) is 5.73 Å². The first-order chi connectivity index (χ1) is 8.02. The van der Waals surface area contributed by atoms with Crippen LogP contribution in [0.2, 0.25) is 0 Å². The fourth-order valence-electron chi connectivity index (χ4n) is 1.71. The Kier molecular flexibility index (Phi) is 3.88. The normalized spacial score (nSPS) is 14.4. The van der Waals surface area contributed by atoms with Gasteiger partial charge < -0.3 is 10.5 Å². The topological polar surface area (TPSA) is 35.2 Å². The smallest absolute Gasteiger partial charge is 0.0623 e. The Hall–Kier alpha value is -0.420. The summed E-state index contributed by atoms with van der Waals surface area (Å²) in [5.41, 5.74) is 6.16. The third-order valence-corrected chi connectivity index (χ3v) is 5.36. The molecule has 17 heavy (non-hydrogen) atoms. The lowest BCUT2D eigenvalue weighted by molar-refractivity contribution is 0.0125. The highest BCUT2D eigenvalue weighted by Gasteiger charge is 2.19. The molecule has 0 saturated carbocycles. The summed E-state index contributed by atoms with van der Waals surface area (Å²) in [6.45, 7) is 4.21. The molecule has 4 heteroatoms. The molecular weight excluding hydrogens is 250 g/mol. The van der Waals surface area contributed by atoms with Crippen molar-refractivity contribution in [3.8, 4) is 0 Å². The Bertz CT molecular complexity index is 458. The molecule has 0 aliphatic carbocycles. The second kappa shape index (κ2) is 5.06. The molecule has 0 fully saturated rings. The first-order valence-electron chi connectivity index (χ1n) is 5.79. The summed E-state index contributed by atoms with van der Waals surface area (Å²) < 4.78 is 8.12. The monoisotopic (exact) mass is 269 g/mol. The number of hydrogen-bond donors (Lipinski definition) is 1. The molecule has 2 aromatic rings.